The summed E-state index contributed by atoms with van der Waals surface area (Å²) in [5, 5.41) is 5.17. The van der Waals surface area contributed by atoms with Crippen molar-refractivity contribution in [3.63, 3.8) is 0 Å². The fourth-order valence-corrected chi connectivity index (χ4v) is 3.65. The van der Waals surface area contributed by atoms with Crippen LogP contribution in [0, 0.1) is 5.92 Å². The maximum Gasteiger partial charge on any atom is 0.257 e. The summed E-state index contributed by atoms with van der Waals surface area (Å²) in [5.74, 6) is 1.23. The average Bonchev–Trinajstić information content (AvgIpc) is 2.62. The molecule has 0 spiro atoms. The number of allylic oxidation sites excluding steroid dienone is 2. The zero-order valence-corrected chi connectivity index (χ0v) is 15.2. The minimum atomic E-state index is -0.0742. The van der Waals surface area contributed by atoms with E-state index < -0.39 is 0 Å². The molecule has 3 nitrogen and oxygen atoms in total. The molecule has 126 valence electrons. The van der Waals surface area contributed by atoms with Gasteiger partial charge in [-0.3, -0.25) is 4.79 Å². The molecule has 3 rings (SSSR count). The molecule has 2 aromatic carbocycles. The third-order valence-electron chi connectivity index (χ3n) is 4.38. The van der Waals surface area contributed by atoms with E-state index in [1.54, 1.807) is 0 Å². The number of hydrogen-bond donors (Lipinski definition) is 1. The van der Waals surface area contributed by atoms with Gasteiger partial charge in [-0.1, -0.05) is 42.5 Å². The summed E-state index contributed by atoms with van der Waals surface area (Å²) in [4.78, 5) is 12.0. The average molecular weight is 388 g/mol. The van der Waals surface area contributed by atoms with Crippen LogP contribution >= 0.6 is 15.9 Å². The Kier molecular flexibility index (Phi) is 5.91. The van der Waals surface area contributed by atoms with E-state index in [1.807, 2.05) is 30.3 Å². The molecule has 0 aliphatic heterocycles. The molecule has 1 atom stereocenters. The number of halogens is 1. The van der Waals surface area contributed by atoms with Gasteiger partial charge in [0.05, 0.1) is 4.47 Å². The number of amides is 1. The number of carbonyl (C=O) groups is 1. The normalized spacial score (nSPS) is 17.0. The maximum atomic E-state index is 12.0. The number of fused-ring (bicyclic) bond motifs is 1. The molecule has 0 fully saturated rings. The van der Waals surface area contributed by atoms with Gasteiger partial charge in [0.25, 0.3) is 5.91 Å². The monoisotopic (exact) mass is 387 g/mol. The summed E-state index contributed by atoms with van der Waals surface area (Å²) >= 11 is 3.57. The molecule has 1 aliphatic rings. The summed E-state index contributed by atoms with van der Waals surface area (Å²) in [7, 11) is 0. The summed E-state index contributed by atoms with van der Waals surface area (Å²) < 4.78 is 6.57. The van der Waals surface area contributed by atoms with Crippen molar-refractivity contribution in [3.8, 4) is 5.75 Å². The Morgan fingerprint density at radius 2 is 2.12 bits per heavy atom. The molecule has 0 heterocycles. The molecule has 1 unspecified atom stereocenters. The van der Waals surface area contributed by atoms with Crippen molar-refractivity contribution in [3.05, 3.63) is 53.0 Å². The second kappa shape index (κ2) is 8.34. The maximum absolute atomic E-state index is 12.0. The third-order valence-corrected chi connectivity index (χ3v) is 5.20. The second-order valence-electron chi connectivity index (χ2n) is 6.15. The van der Waals surface area contributed by atoms with E-state index in [0.29, 0.717) is 18.2 Å². The number of nitrogens with one attached hydrogen (secondary N) is 1. The molecule has 0 bridgehead atoms. The lowest BCUT2D eigenvalue weighted by molar-refractivity contribution is -0.123. The van der Waals surface area contributed by atoms with Crippen LogP contribution in [0.4, 0.5) is 0 Å². The van der Waals surface area contributed by atoms with Gasteiger partial charge in [-0.05, 0) is 64.4 Å². The first-order valence-electron chi connectivity index (χ1n) is 8.47. The Labute approximate surface area is 151 Å². The van der Waals surface area contributed by atoms with Crippen LogP contribution in [-0.4, -0.2) is 19.1 Å². The van der Waals surface area contributed by atoms with Crippen molar-refractivity contribution in [1.82, 2.24) is 5.32 Å². The van der Waals surface area contributed by atoms with Crippen molar-refractivity contribution in [2.24, 2.45) is 5.92 Å². The van der Waals surface area contributed by atoms with Crippen LogP contribution in [0.2, 0.25) is 0 Å². The van der Waals surface area contributed by atoms with E-state index in [-0.39, 0.29) is 12.5 Å². The summed E-state index contributed by atoms with van der Waals surface area (Å²) in [6.45, 7) is 0.744. The molecule has 0 saturated heterocycles. The van der Waals surface area contributed by atoms with E-state index in [2.05, 4.69) is 39.5 Å². The Balaban J connectivity index is 1.48. The molecule has 0 aromatic heterocycles. The third kappa shape index (κ3) is 4.38. The van der Waals surface area contributed by atoms with E-state index in [1.165, 1.54) is 19.3 Å². The zero-order valence-electron chi connectivity index (χ0n) is 13.6. The van der Waals surface area contributed by atoms with Gasteiger partial charge in [-0.2, -0.15) is 0 Å². The molecule has 1 aliphatic carbocycles. The van der Waals surface area contributed by atoms with Gasteiger partial charge in [0.1, 0.15) is 5.75 Å². The number of hydrogen-bond acceptors (Lipinski definition) is 2. The summed E-state index contributed by atoms with van der Waals surface area (Å²) in [6, 6.07) is 12.0. The Morgan fingerprint density at radius 1 is 1.25 bits per heavy atom. The van der Waals surface area contributed by atoms with Gasteiger partial charge in [0.2, 0.25) is 0 Å². The highest BCUT2D eigenvalue weighted by atomic mass is 79.9. The van der Waals surface area contributed by atoms with E-state index >= 15 is 0 Å². The zero-order chi connectivity index (χ0) is 16.8. The first kappa shape index (κ1) is 17.0. The lowest BCUT2D eigenvalue weighted by atomic mass is 9.93. The van der Waals surface area contributed by atoms with E-state index in [4.69, 9.17) is 4.74 Å². The van der Waals surface area contributed by atoms with Crippen molar-refractivity contribution in [2.75, 3.05) is 13.2 Å². The fraction of sp³-hybridized carbons (Fsp3) is 0.350. The minimum Gasteiger partial charge on any atom is -0.483 e. The lowest BCUT2D eigenvalue weighted by Gasteiger charge is -2.16. The van der Waals surface area contributed by atoms with Crippen LogP contribution in [-0.2, 0) is 4.79 Å². The van der Waals surface area contributed by atoms with Gasteiger partial charge in [-0.15, -0.1) is 0 Å². The predicted molar refractivity (Wildman–Crippen MR) is 101 cm³/mol. The predicted octanol–water partition coefficient (Wildman–Crippen LogP) is 4.84. The van der Waals surface area contributed by atoms with E-state index in [0.717, 1.165) is 21.7 Å². The SMILES string of the molecule is O=C(COc1ccc2ccccc2c1Br)NCCC1C=CCCC1. The Bertz CT molecular complexity index is 741. The quantitative estimate of drug-likeness (QED) is 0.719. The van der Waals surface area contributed by atoms with Crippen molar-refractivity contribution >= 4 is 32.6 Å². The highest BCUT2D eigenvalue weighted by molar-refractivity contribution is 9.10. The van der Waals surface area contributed by atoms with Crippen molar-refractivity contribution in [1.29, 1.82) is 0 Å². The Hall–Kier alpha value is -1.81. The van der Waals surface area contributed by atoms with Gasteiger partial charge in [0.15, 0.2) is 6.61 Å². The Morgan fingerprint density at radius 3 is 2.96 bits per heavy atom. The number of carbonyl (C=O) groups excluding carboxylic acids is 1. The smallest absolute Gasteiger partial charge is 0.257 e. The molecule has 24 heavy (non-hydrogen) atoms. The standard InChI is InChI=1S/C20H22BrNO2/c21-20-17-9-5-4-8-16(17)10-11-18(20)24-14-19(23)22-13-12-15-6-2-1-3-7-15/h2,4-6,8-11,15H,1,3,7,12-14H2,(H,22,23). The molecule has 1 N–H and O–H groups in total. The summed E-state index contributed by atoms with van der Waals surface area (Å²) in [5.41, 5.74) is 0. The highest BCUT2D eigenvalue weighted by Crippen LogP contribution is 2.32. The van der Waals surface area contributed by atoms with Crippen molar-refractivity contribution < 1.29 is 9.53 Å². The largest absolute Gasteiger partial charge is 0.483 e. The molecule has 1 amide bonds. The van der Waals surface area contributed by atoms with Gasteiger partial charge in [0, 0.05) is 6.54 Å². The molecule has 0 radical (unpaired) electrons. The van der Waals surface area contributed by atoms with Crippen LogP contribution in [0.3, 0.4) is 0 Å². The van der Waals surface area contributed by atoms with Gasteiger partial charge >= 0.3 is 0 Å². The topological polar surface area (TPSA) is 38.3 Å². The lowest BCUT2D eigenvalue weighted by Crippen LogP contribution is -2.30. The van der Waals surface area contributed by atoms with Gasteiger partial charge in [-0.25, -0.2) is 0 Å². The molecule has 2 aromatic rings. The number of rotatable bonds is 6. The highest BCUT2D eigenvalue weighted by Gasteiger charge is 2.10. The fourth-order valence-electron chi connectivity index (χ4n) is 3.04. The second-order valence-corrected chi connectivity index (χ2v) is 6.94. The molecule has 4 heteroatoms. The number of benzene rings is 2. The first-order chi connectivity index (χ1) is 11.7. The van der Waals surface area contributed by atoms with Crippen LogP contribution < -0.4 is 10.1 Å². The van der Waals surface area contributed by atoms with Gasteiger partial charge < -0.3 is 10.1 Å². The van der Waals surface area contributed by atoms with Crippen LogP contribution in [0.5, 0.6) is 5.75 Å². The van der Waals surface area contributed by atoms with Crippen LogP contribution in [0.25, 0.3) is 10.8 Å². The van der Waals surface area contributed by atoms with E-state index in [9.17, 15) is 4.79 Å². The summed E-state index contributed by atoms with van der Waals surface area (Å²) in [6.07, 6.45) is 9.20. The van der Waals surface area contributed by atoms with Crippen molar-refractivity contribution in [2.45, 2.75) is 25.7 Å². The number of ether oxygens (including phenoxy) is 1. The van der Waals surface area contributed by atoms with Crippen LogP contribution in [0.15, 0.2) is 53.0 Å². The molecular formula is C20H22BrNO2. The first-order valence-corrected chi connectivity index (χ1v) is 9.27. The molecular weight excluding hydrogens is 366 g/mol. The van der Waals surface area contributed by atoms with Crippen LogP contribution in [0.1, 0.15) is 25.7 Å². The molecule has 0 saturated carbocycles. The minimum absolute atomic E-state index is 0.0391.